The van der Waals surface area contributed by atoms with E-state index >= 15 is 0 Å². The van der Waals surface area contributed by atoms with E-state index in [9.17, 15) is 14.7 Å². The van der Waals surface area contributed by atoms with Crippen LogP contribution in [0.3, 0.4) is 0 Å². The second-order valence-corrected chi connectivity index (χ2v) is 7.36. The number of carbonyl (C=O) groups is 2. The molecule has 0 saturated heterocycles. The van der Waals surface area contributed by atoms with Crippen molar-refractivity contribution in [1.29, 1.82) is 0 Å². The Morgan fingerprint density at radius 1 is 0.846 bits per heavy atom. The summed E-state index contributed by atoms with van der Waals surface area (Å²) in [4.78, 5) is 24.1. The van der Waals surface area contributed by atoms with Crippen molar-refractivity contribution >= 4 is 11.8 Å². The Bertz CT molecular complexity index is 743. The Balaban J connectivity index is 0.00000163. The molecule has 0 aliphatic heterocycles. The van der Waals surface area contributed by atoms with Gasteiger partial charge in [-0.15, -0.1) is 0 Å². The Morgan fingerprint density at radius 2 is 1.38 bits per heavy atom. The van der Waals surface area contributed by atoms with Crippen molar-refractivity contribution in [2.45, 2.75) is 53.4 Å². The normalized spacial score (nSPS) is 11.3. The van der Waals surface area contributed by atoms with Gasteiger partial charge in [0.2, 0.25) is 0 Å². The zero-order valence-electron chi connectivity index (χ0n) is 16.7. The van der Waals surface area contributed by atoms with Crippen LogP contribution in [0.15, 0.2) is 54.6 Å². The lowest BCUT2D eigenvalue weighted by Gasteiger charge is -2.28. The number of Topliss-reactive ketones (excluding diaryl/α,β-unsaturated/α-hetero) is 1. The van der Waals surface area contributed by atoms with Gasteiger partial charge < -0.3 is 5.11 Å². The van der Waals surface area contributed by atoms with Crippen LogP contribution in [0.2, 0.25) is 0 Å². The molecular weight excluding hydrogens is 324 g/mol. The first-order chi connectivity index (χ1) is 12.1. The summed E-state index contributed by atoms with van der Waals surface area (Å²) in [6, 6.07) is 17.9. The van der Waals surface area contributed by atoms with E-state index in [1.54, 1.807) is 13.8 Å². The molecule has 2 rings (SSSR count). The molecule has 0 aromatic heterocycles. The van der Waals surface area contributed by atoms with E-state index in [-0.39, 0.29) is 12.2 Å². The molecule has 140 valence electrons. The maximum absolute atomic E-state index is 12.8. The summed E-state index contributed by atoms with van der Waals surface area (Å²) < 4.78 is 0. The lowest BCUT2D eigenvalue weighted by atomic mass is 9.74. The van der Waals surface area contributed by atoms with Gasteiger partial charge in [-0.05, 0) is 44.4 Å². The molecule has 0 aliphatic rings. The van der Waals surface area contributed by atoms with Crippen molar-refractivity contribution in [3.05, 3.63) is 60.2 Å². The second kappa shape index (κ2) is 8.79. The van der Waals surface area contributed by atoms with E-state index in [4.69, 9.17) is 0 Å². The lowest BCUT2D eigenvalue weighted by Crippen LogP contribution is -2.36. The van der Waals surface area contributed by atoms with Crippen LogP contribution < -0.4 is 0 Å². The average molecular weight is 354 g/mol. The van der Waals surface area contributed by atoms with Crippen LogP contribution in [-0.4, -0.2) is 16.9 Å². The molecule has 26 heavy (non-hydrogen) atoms. The number of carboxylic acids is 1. The fourth-order valence-corrected chi connectivity index (χ4v) is 2.58. The molecule has 0 bridgehead atoms. The van der Waals surface area contributed by atoms with Crippen LogP contribution >= 0.6 is 0 Å². The Morgan fingerprint density at radius 3 is 1.92 bits per heavy atom. The number of rotatable bonds is 6. The van der Waals surface area contributed by atoms with Gasteiger partial charge in [0.25, 0.3) is 0 Å². The maximum Gasteiger partial charge on any atom is 0.309 e. The van der Waals surface area contributed by atoms with Gasteiger partial charge in [0.1, 0.15) is 5.78 Å². The van der Waals surface area contributed by atoms with Crippen LogP contribution in [-0.2, 0) is 15.0 Å². The third kappa shape index (κ3) is 5.04. The van der Waals surface area contributed by atoms with Crippen molar-refractivity contribution in [3.63, 3.8) is 0 Å². The highest BCUT2D eigenvalue weighted by Gasteiger charge is 2.37. The molecular formula is C23H30O3. The highest BCUT2D eigenvalue weighted by atomic mass is 16.4. The molecule has 0 spiro atoms. The van der Waals surface area contributed by atoms with Gasteiger partial charge in [-0.1, -0.05) is 68.4 Å². The summed E-state index contributed by atoms with van der Waals surface area (Å²) in [6.45, 7) is 10.9. The number of carbonyl (C=O) groups excluding carboxylic acids is 1. The molecule has 0 radical (unpaired) electrons. The Labute approximate surface area is 157 Å². The summed E-state index contributed by atoms with van der Waals surface area (Å²) in [7, 11) is 0. The summed E-state index contributed by atoms with van der Waals surface area (Å²) in [5.74, 6) is -1.02. The molecule has 0 saturated carbocycles. The Hall–Kier alpha value is -2.42. The molecule has 0 amide bonds. The molecule has 3 nitrogen and oxygen atoms in total. The van der Waals surface area contributed by atoms with Crippen molar-refractivity contribution in [2.24, 2.45) is 5.41 Å². The quantitative estimate of drug-likeness (QED) is 0.721. The summed E-state index contributed by atoms with van der Waals surface area (Å²) in [6.07, 6.45) is 0.00486. The number of carboxylic acid groups (broad SMARTS) is 1. The fraction of sp³-hybridized carbons (Fsp3) is 0.391. The smallest absolute Gasteiger partial charge is 0.309 e. The van der Waals surface area contributed by atoms with Gasteiger partial charge in [0.15, 0.2) is 0 Å². The number of benzene rings is 2. The van der Waals surface area contributed by atoms with Crippen molar-refractivity contribution in [3.8, 4) is 11.1 Å². The number of aliphatic carboxylic acids is 1. The third-order valence-electron chi connectivity index (χ3n) is 4.57. The molecule has 0 unspecified atom stereocenters. The minimum Gasteiger partial charge on any atom is -0.481 e. The van der Waals surface area contributed by atoms with Gasteiger partial charge >= 0.3 is 5.97 Å². The van der Waals surface area contributed by atoms with Gasteiger partial charge in [-0.25, -0.2) is 0 Å². The molecule has 2 aromatic rings. The first-order valence-electron chi connectivity index (χ1n) is 9.07. The summed E-state index contributed by atoms with van der Waals surface area (Å²) in [5.41, 5.74) is 1.23. The van der Waals surface area contributed by atoms with Crippen LogP contribution in [0.4, 0.5) is 0 Å². The van der Waals surface area contributed by atoms with E-state index in [2.05, 4.69) is 0 Å². The van der Waals surface area contributed by atoms with Crippen LogP contribution in [0.5, 0.6) is 0 Å². The van der Waals surface area contributed by atoms with E-state index < -0.39 is 16.8 Å². The van der Waals surface area contributed by atoms with Crippen molar-refractivity contribution in [1.82, 2.24) is 0 Å². The zero-order chi connectivity index (χ0) is 20.0. The second-order valence-electron chi connectivity index (χ2n) is 7.36. The zero-order valence-corrected chi connectivity index (χ0v) is 16.7. The van der Waals surface area contributed by atoms with Gasteiger partial charge in [-0.2, -0.15) is 0 Å². The predicted molar refractivity (Wildman–Crippen MR) is 107 cm³/mol. The van der Waals surface area contributed by atoms with Gasteiger partial charge in [0, 0.05) is 11.8 Å². The minimum absolute atomic E-state index is 0.00486. The third-order valence-corrected chi connectivity index (χ3v) is 4.57. The monoisotopic (exact) mass is 354 g/mol. The fourth-order valence-electron chi connectivity index (χ4n) is 2.58. The number of hydrogen-bond donors (Lipinski definition) is 1. The molecule has 1 N–H and O–H groups in total. The predicted octanol–water partition coefficient (Wildman–Crippen LogP) is 5.73. The number of ketones is 1. The lowest BCUT2D eigenvalue weighted by molar-refractivity contribution is -0.149. The molecule has 0 fully saturated rings. The SMILES string of the molecule is CC.CC(C)(CC(=O)C(C)(C)c1cccc(-c2ccccc2)c1)C(=O)O. The first-order valence-corrected chi connectivity index (χ1v) is 9.07. The van der Waals surface area contributed by atoms with Crippen molar-refractivity contribution in [2.75, 3.05) is 0 Å². The molecule has 0 heterocycles. The average Bonchev–Trinajstić information content (AvgIpc) is 2.63. The van der Waals surface area contributed by atoms with Crippen molar-refractivity contribution < 1.29 is 14.7 Å². The molecule has 2 aromatic carbocycles. The van der Waals surface area contributed by atoms with Crippen LogP contribution in [0, 0.1) is 5.41 Å². The summed E-state index contributed by atoms with van der Waals surface area (Å²) in [5, 5.41) is 9.27. The largest absolute Gasteiger partial charge is 0.481 e. The van der Waals surface area contributed by atoms with E-state index in [1.807, 2.05) is 82.3 Å². The molecule has 0 aliphatic carbocycles. The van der Waals surface area contributed by atoms with Gasteiger partial charge in [-0.3, -0.25) is 9.59 Å². The maximum atomic E-state index is 12.8. The highest BCUT2D eigenvalue weighted by molar-refractivity contribution is 5.93. The molecule has 3 heteroatoms. The Kier molecular flexibility index (Phi) is 7.31. The van der Waals surface area contributed by atoms with E-state index in [0.29, 0.717) is 0 Å². The van der Waals surface area contributed by atoms with Crippen LogP contribution in [0.1, 0.15) is 53.5 Å². The van der Waals surface area contributed by atoms with E-state index in [0.717, 1.165) is 16.7 Å². The first kappa shape index (κ1) is 21.6. The van der Waals surface area contributed by atoms with Crippen LogP contribution in [0.25, 0.3) is 11.1 Å². The van der Waals surface area contributed by atoms with E-state index in [1.165, 1.54) is 0 Å². The van der Waals surface area contributed by atoms with Gasteiger partial charge in [0.05, 0.1) is 5.41 Å². The minimum atomic E-state index is -1.06. The number of hydrogen-bond acceptors (Lipinski definition) is 2. The standard InChI is InChI=1S/C21H24O3.C2H6/c1-20(2,19(23)24)14-18(22)21(3,4)17-12-8-11-16(13-17)15-9-6-5-7-10-15;1-2/h5-13H,14H2,1-4H3,(H,23,24);1-2H3. The topological polar surface area (TPSA) is 54.4 Å². The molecule has 0 atom stereocenters. The summed E-state index contributed by atoms with van der Waals surface area (Å²) >= 11 is 0. The highest BCUT2D eigenvalue weighted by Crippen LogP contribution is 2.33.